The van der Waals surface area contributed by atoms with Crippen LogP contribution in [0.25, 0.3) is 120 Å². The van der Waals surface area contributed by atoms with Gasteiger partial charge in [-0.15, -0.1) is 0 Å². The van der Waals surface area contributed by atoms with Crippen molar-refractivity contribution in [1.29, 1.82) is 0 Å². The van der Waals surface area contributed by atoms with Gasteiger partial charge in [0.25, 0.3) is 0 Å². The molecule has 0 aromatic heterocycles. The Labute approximate surface area is 391 Å². The summed E-state index contributed by atoms with van der Waals surface area (Å²) in [6.45, 7) is 6.43. The molecular weight excluding hydrogens is 841 g/mol. The Hall–Kier alpha value is -8.74. The normalized spacial score (nSPS) is 12.1. The van der Waals surface area contributed by atoms with Crippen LogP contribution in [-0.4, -0.2) is 30.6 Å². The van der Waals surface area contributed by atoms with E-state index in [0.29, 0.717) is 32.7 Å². The average Bonchev–Trinajstić information content (AvgIpc) is 3.35. The van der Waals surface area contributed by atoms with E-state index in [1.807, 2.05) is 109 Å². The van der Waals surface area contributed by atoms with Crippen LogP contribution in [0.4, 0.5) is 0 Å². The number of rotatable bonds is 4. The molecule has 6 nitrogen and oxygen atoms in total. The Kier molecular flexibility index (Phi) is 8.92. The highest BCUT2D eigenvalue weighted by molar-refractivity contribution is 6.27. The third-order valence-corrected chi connectivity index (χ3v) is 14.0. The van der Waals surface area contributed by atoms with Gasteiger partial charge in [-0.1, -0.05) is 178 Å². The highest BCUT2D eigenvalue weighted by atomic mass is 16.3. The number of aromatic hydroxyl groups is 6. The van der Waals surface area contributed by atoms with Crippen molar-refractivity contribution in [3.63, 3.8) is 0 Å². The second-order valence-electron chi connectivity index (χ2n) is 18.9. The summed E-state index contributed by atoms with van der Waals surface area (Å²) in [4.78, 5) is 0. The van der Waals surface area contributed by atoms with E-state index in [1.54, 1.807) is 0 Å². The van der Waals surface area contributed by atoms with Crippen LogP contribution in [0.2, 0.25) is 0 Å². The number of phenolic OH excluding ortho intramolecular Hbond substituents is 6. The third-order valence-electron chi connectivity index (χ3n) is 14.0. The van der Waals surface area contributed by atoms with Crippen molar-refractivity contribution in [3.8, 4) is 79.0 Å². The molecule has 0 bridgehead atoms. The maximum atomic E-state index is 12.6. The predicted octanol–water partition coefficient (Wildman–Crippen LogP) is 16.0. The van der Waals surface area contributed by atoms with E-state index in [1.165, 1.54) is 0 Å². The van der Waals surface area contributed by atoms with Gasteiger partial charge in [0.1, 0.15) is 11.5 Å². The Morgan fingerprint density at radius 2 is 0.603 bits per heavy atom. The Morgan fingerprint density at radius 1 is 0.265 bits per heavy atom. The van der Waals surface area contributed by atoms with Gasteiger partial charge in [-0.3, -0.25) is 0 Å². The quantitative estimate of drug-likeness (QED) is 0.0595. The van der Waals surface area contributed by atoms with Crippen molar-refractivity contribution in [2.75, 3.05) is 0 Å². The number of benzene rings is 12. The van der Waals surface area contributed by atoms with Crippen LogP contribution in [0.3, 0.4) is 0 Å². The molecule has 12 aromatic carbocycles. The van der Waals surface area contributed by atoms with Crippen LogP contribution in [0.5, 0.6) is 34.5 Å². The number of hydrogen-bond donors (Lipinski definition) is 6. The monoisotopic (exact) mass is 884 g/mol. The van der Waals surface area contributed by atoms with Crippen LogP contribution in [-0.2, 0) is 5.41 Å². The lowest BCUT2D eigenvalue weighted by molar-refractivity contribution is 0.391. The summed E-state index contributed by atoms with van der Waals surface area (Å²) in [5.74, 6) is -4.21. The maximum absolute atomic E-state index is 12.6. The van der Waals surface area contributed by atoms with Crippen LogP contribution < -0.4 is 0 Å². The summed E-state index contributed by atoms with van der Waals surface area (Å²) in [7, 11) is 0. The second-order valence-corrected chi connectivity index (χ2v) is 18.9. The van der Waals surface area contributed by atoms with E-state index in [0.717, 1.165) is 70.9 Å². The van der Waals surface area contributed by atoms with Gasteiger partial charge in [0.05, 0.1) is 21.9 Å². The standard InChI is InChI=1S/C62H44O6/c1-62(2,3)39-28-29-46-47(32-39)49(38-27-25-34-15-5-7-17-36(34)31-38)42-20-10-13-23-45(42)51(46)53-57(64)55-54(61(68)59(53)66)56(63)52(58(65)60(55)67)50-43-21-11-8-18-40(43)48(41-19-9-12-22-44(41)50)37-26-24-33-14-4-6-16-35(33)30-37/h4-32,63-68H,1-3H3. The van der Waals surface area contributed by atoms with E-state index in [4.69, 9.17) is 0 Å². The summed E-state index contributed by atoms with van der Waals surface area (Å²) in [6, 6.07) is 58.3. The van der Waals surface area contributed by atoms with E-state index in [-0.39, 0.29) is 16.5 Å². The van der Waals surface area contributed by atoms with E-state index >= 15 is 0 Å². The first-order valence-electron chi connectivity index (χ1n) is 22.7. The smallest absolute Gasteiger partial charge is 0.170 e. The molecule has 0 radical (unpaired) electrons. The zero-order valence-electron chi connectivity index (χ0n) is 37.4. The Balaban J connectivity index is 1.15. The molecular formula is C62H44O6. The predicted molar refractivity (Wildman–Crippen MR) is 279 cm³/mol. The zero-order valence-corrected chi connectivity index (χ0v) is 37.4. The van der Waals surface area contributed by atoms with E-state index in [9.17, 15) is 30.6 Å². The molecule has 0 amide bonds. The molecule has 12 aromatic rings. The molecule has 0 aliphatic carbocycles. The topological polar surface area (TPSA) is 121 Å². The van der Waals surface area contributed by atoms with Crippen molar-refractivity contribution >= 4 is 75.4 Å². The molecule has 0 unspecified atom stereocenters. The molecule has 0 heterocycles. The number of fused-ring (bicyclic) bond motifs is 7. The van der Waals surface area contributed by atoms with Gasteiger partial charge in [-0.25, -0.2) is 0 Å². The molecule has 0 aliphatic heterocycles. The molecule has 328 valence electrons. The second kappa shape index (κ2) is 14.9. The lowest BCUT2D eigenvalue weighted by Gasteiger charge is -2.24. The maximum Gasteiger partial charge on any atom is 0.170 e. The average molecular weight is 885 g/mol. The van der Waals surface area contributed by atoms with Gasteiger partial charge >= 0.3 is 0 Å². The van der Waals surface area contributed by atoms with Crippen LogP contribution in [0.15, 0.2) is 176 Å². The van der Waals surface area contributed by atoms with Crippen molar-refractivity contribution < 1.29 is 30.6 Å². The van der Waals surface area contributed by atoms with Crippen molar-refractivity contribution in [2.24, 2.45) is 0 Å². The largest absolute Gasteiger partial charge is 0.506 e. The summed E-state index contributed by atoms with van der Waals surface area (Å²) in [5, 5.41) is 84.0. The highest BCUT2D eigenvalue weighted by Crippen LogP contribution is 2.62. The SMILES string of the molecule is CC(C)(C)c1ccc2c(-c3c(O)c(O)c4c(O)c(-c5c6ccccc6c(-c6ccc7ccccc7c6)c6ccccc56)c(O)c(O)c4c3O)c3ccccc3c(-c3ccc4ccccc4c3)c2c1. The molecule has 0 atom stereocenters. The Bertz CT molecular complexity index is 4080. The van der Waals surface area contributed by atoms with Crippen LogP contribution >= 0.6 is 0 Å². The summed E-state index contributed by atoms with van der Waals surface area (Å²) >= 11 is 0. The fourth-order valence-electron chi connectivity index (χ4n) is 10.7. The van der Waals surface area contributed by atoms with Crippen molar-refractivity contribution in [1.82, 2.24) is 0 Å². The van der Waals surface area contributed by atoms with Crippen molar-refractivity contribution in [2.45, 2.75) is 26.2 Å². The van der Waals surface area contributed by atoms with Crippen molar-refractivity contribution in [3.05, 3.63) is 181 Å². The number of hydrogen-bond acceptors (Lipinski definition) is 6. The Morgan fingerprint density at radius 3 is 1.00 bits per heavy atom. The summed E-state index contributed by atoms with van der Waals surface area (Å²) in [6.07, 6.45) is 0. The first kappa shape index (κ1) is 40.7. The number of phenols is 6. The summed E-state index contributed by atoms with van der Waals surface area (Å²) < 4.78 is 0. The minimum Gasteiger partial charge on any atom is -0.506 e. The minimum absolute atomic E-state index is 0.165. The molecule has 0 saturated heterocycles. The molecule has 12 rings (SSSR count). The lowest BCUT2D eigenvalue weighted by Crippen LogP contribution is -2.10. The van der Waals surface area contributed by atoms with Gasteiger partial charge in [0, 0.05) is 11.1 Å². The summed E-state index contributed by atoms with van der Waals surface area (Å²) in [5.41, 5.74) is 5.13. The van der Waals surface area contributed by atoms with Gasteiger partial charge in [0.2, 0.25) is 0 Å². The molecule has 0 fully saturated rings. The fourth-order valence-corrected chi connectivity index (χ4v) is 10.7. The van der Waals surface area contributed by atoms with E-state index in [2.05, 4.69) is 87.5 Å². The van der Waals surface area contributed by atoms with E-state index < -0.39 is 45.3 Å². The van der Waals surface area contributed by atoms with Gasteiger partial charge in [0.15, 0.2) is 23.0 Å². The highest BCUT2D eigenvalue weighted by Gasteiger charge is 2.33. The van der Waals surface area contributed by atoms with Gasteiger partial charge in [-0.2, -0.15) is 0 Å². The first-order valence-corrected chi connectivity index (χ1v) is 22.7. The first-order chi connectivity index (χ1) is 32.9. The van der Waals surface area contributed by atoms with Gasteiger partial charge in [-0.05, 0) is 116 Å². The molecule has 0 saturated carbocycles. The minimum atomic E-state index is -0.773. The third kappa shape index (κ3) is 5.90. The molecule has 6 N–H and O–H groups in total. The lowest BCUT2D eigenvalue weighted by atomic mass is 9.80. The molecule has 68 heavy (non-hydrogen) atoms. The van der Waals surface area contributed by atoms with Crippen LogP contribution in [0.1, 0.15) is 26.3 Å². The van der Waals surface area contributed by atoms with Gasteiger partial charge < -0.3 is 30.6 Å². The zero-order chi connectivity index (χ0) is 46.7. The molecule has 6 heteroatoms. The fraction of sp³-hybridized carbons (Fsp3) is 0.0645. The van der Waals surface area contributed by atoms with Crippen LogP contribution in [0, 0.1) is 0 Å². The molecule has 0 aliphatic rings. The molecule has 0 spiro atoms.